The first-order valence-electron chi connectivity index (χ1n) is 6.48. The van der Waals surface area contributed by atoms with Crippen LogP contribution in [0.5, 0.6) is 5.75 Å². The van der Waals surface area contributed by atoms with Gasteiger partial charge in [-0.2, -0.15) is 0 Å². The predicted molar refractivity (Wildman–Crippen MR) is 73.7 cm³/mol. The number of hydrogen-bond donors (Lipinski definition) is 4. The number of aromatic hydroxyl groups is 1. The van der Waals surface area contributed by atoms with E-state index in [4.69, 9.17) is 15.9 Å². The van der Waals surface area contributed by atoms with Crippen molar-refractivity contribution >= 4 is 5.91 Å². The summed E-state index contributed by atoms with van der Waals surface area (Å²) in [6.07, 6.45) is 1.48. The molecule has 0 saturated carbocycles. The summed E-state index contributed by atoms with van der Waals surface area (Å²) in [4.78, 5) is 11.7. The lowest BCUT2D eigenvalue weighted by Crippen LogP contribution is -2.42. The molecule has 1 rings (SSSR count). The lowest BCUT2D eigenvalue weighted by Gasteiger charge is -2.12. The largest absolute Gasteiger partial charge is 0.508 e. The van der Waals surface area contributed by atoms with Gasteiger partial charge in [0.1, 0.15) is 5.75 Å². The van der Waals surface area contributed by atoms with Crippen molar-refractivity contribution in [1.29, 1.82) is 0 Å². The third kappa shape index (κ3) is 6.22. The fraction of sp³-hybridized carbons (Fsp3) is 0.500. The topological polar surface area (TPSA) is 95.6 Å². The van der Waals surface area contributed by atoms with Crippen LogP contribution in [0.4, 0.5) is 0 Å². The van der Waals surface area contributed by atoms with E-state index in [2.05, 4.69) is 5.32 Å². The average Bonchev–Trinajstić information content (AvgIpc) is 2.36. The second kappa shape index (κ2) is 7.76. The van der Waals surface area contributed by atoms with Gasteiger partial charge >= 0.3 is 0 Å². The smallest absolute Gasteiger partial charge is 0.237 e. The van der Waals surface area contributed by atoms with Crippen LogP contribution in [0.15, 0.2) is 24.3 Å². The molecule has 106 valence electrons. The van der Waals surface area contributed by atoms with Crippen molar-refractivity contribution in [2.45, 2.75) is 38.3 Å². The van der Waals surface area contributed by atoms with Crippen LogP contribution in [0.3, 0.4) is 0 Å². The summed E-state index contributed by atoms with van der Waals surface area (Å²) in [6.45, 7) is 2.24. The zero-order valence-corrected chi connectivity index (χ0v) is 11.2. The number of amides is 1. The van der Waals surface area contributed by atoms with E-state index in [9.17, 15) is 4.79 Å². The average molecular weight is 266 g/mol. The minimum absolute atomic E-state index is 0.194. The molecule has 1 aromatic carbocycles. The zero-order chi connectivity index (χ0) is 14.3. The number of aliphatic hydroxyl groups excluding tert-OH is 1. The molecule has 0 aliphatic carbocycles. The molecular formula is C14H22N2O3. The van der Waals surface area contributed by atoms with Crippen molar-refractivity contribution in [3.05, 3.63) is 29.8 Å². The SMILES string of the molecule is CC(O)CCCNC(=O)C(N)Cc1ccc(O)cc1. The summed E-state index contributed by atoms with van der Waals surface area (Å²) in [5, 5.41) is 21.0. The number of phenolic OH excluding ortho intramolecular Hbond substituents is 1. The molecule has 1 amide bonds. The molecule has 0 heterocycles. The molecule has 0 saturated heterocycles. The second-order valence-corrected chi connectivity index (χ2v) is 4.76. The van der Waals surface area contributed by atoms with Crippen molar-refractivity contribution in [2.75, 3.05) is 6.54 Å². The maximum absolute atomic E-state index is 11.7. The van der Waals surface area contributed by atoms with E-state index in [-0.39, 0.29) is 17.8 Å². The first kappa shape index (κ1) is 15.5. The standard InChI is InChI=1S/C14H22N2O3/c1-10(17)3-2-8-16-14(19)13(15)9-11-4-6-12(18)7-5-11/h4-7,10,13,17-18H,2-3,8-9,15H2,1H3,(H,16,19). The monoisotopic (exact) mass is 266 g/mol. The molecule has 19 heavy (non-hydrogen) atoms. The van der Waals surface area contributed by atoms with Gasteiger partial charge in [0, 0.05) is 6.54 Å². The summed E-state index contributed by atoms with van der Waals surface area (Å²) < 4.78 is 0. The van der Waals surface area contributed by atoms with Gasteiger partial charge in [-0.25, -0.2) is 0 Å². The van der Waals surface area contributed by atoms with E-state index in [1.54, 1.807) is 31.2 Å². The molecule has 2 atom stereocenters. The van der Waals surface area contributed by atoms with E-state index in [0.29, 0.717) is 19.4 Å². The Hall–Kier alpha value is -1.59. The number of nitrogens with one attached hydrogen (secondary N) is 1. The van der Waals surface area contributed by atoms with Crippen LogP contribution in [0.25, 0.3) is 0 Å². The molecule has 0 bridgehead atoms. The van der Waals surface area contributed by atoms with Gasteiger partial charge in [0.2, 0.25) is 5.91 Å². The number of carbonyl (C=O) groups is 1. The lowest BCUT2D eigenvalue weighted by atomic mass is 10.1. The molecule has 0 fully saturated rings. The van der Waals surface area contributed by atoms with Crippen LogP contribution in [-0.4, -0.2) is 34.8 Å². The minimum Gasteiger partial charge on any atom is -0.508 e. The van der Waals surface area contributed by atoms with Gasteiger partial charge in [0.25, 0.3) is 0 Å². The molecule has 2 unspecified atom stereocenters. The highest BCUT2D eigenvalue weighted by molar-refractivity contribution is 5.81. The van der Waals surface area contributed by atoms with Gasteiger partial charge in [-0.3, -0.25) is 4.79 Å². The highest BCUT2D eigenvalue weighted by atomic mass is 16.3. The van der Waals surface area contributed by atoms with Crippen LogP contribution in [0.1, 0.15) is 25.3 Å². The number of aliphatic hydroxyl groups is 1. The number of benzene rings is 1. The molecule has 0 spiro atoms. The highest BCUT2D eigenvalue weighted by Crippen LogP contribution is 2.10. The van der Waals surface area contributed by atoms with E-state index in [1.165, 1.54) is 0 Å². The number of rotatable bonds is 7. The van der Waals surface area contributed by atoms with Gasteiger partial charge in [0.15, 0.2) is 0 Å². The number of phenols is 1. The van der Waals surface area contributed by atoms with Gasteiger partial charge in [-0.05, 0) is 43.9 Å². The summed E-state index contributed by atoms with van der Waals surface area (Å²) in [7, 11) is 0. The van der Waals surface area contributed by atoms with Crippen LogP contribution < -0.4 is 11.1 Å². The third-order valence-electron chi connectivity index (χ3n) is 2.83. The van der Waals surface area contributed by atoms with Crippen LogP contribution >= 0.6 is 0 Å². The zero-order valence-electron chi connectivity index (χ0n) is 11.2. The van der Waals surface area contributed by atoms with Gasteiger partial charge in [-0.1, -0.05) is 12.1 Å². The first-order valence-corrected chi connectivity index (χ1v) is 6.48. The molecule has 0 aromatic heterocycles. The summed E-state index contributed by atoms with van der Waals surface area (Å²) >= 11 is 0. The molecule has 5 N–H and O–H groups in total. The Bertz CT molecular complexity index is 390. The Labute approximate surface area is 113 Å². The Kier molecular flexibility index (Phi) is 6.32. The van der Waals surface area contributed by atoms with Crippen LogP contribution in [0.2, 0.25) is 0 Å². The van der Waals surface area contributed by atoms with Gasteiger partial charge in [0.05, 0.1) is 12.1 Å². The Morgan fingerprint density at radius 2 is 2.00 bits per heavy atom. The summed E-state index contributed by atoms with van der Waals surface area (Å²) in [5.74, 6) is -0.00133. The molecule has 0 aliphatic rings. The highest BCUT2D eigenvalue weighted by Gasteiger charge is 2.13. The van der Waals surface area contributed by atoms with E-state index in [1.807, 2.05) is 0 Å². The quantitative estimate of drug-likeness (QED) is 0.542. The van der Waals surface area contributed by atoms with Crippen molar-refractivity contribution in [1.82, 2.24) is 5.32 Å². The lowest BCUT2D eigenvalue weighted by molar-refractivity contribution is -0.122. The maximum atomic E-state index is 11.7. The minimum atomic E-state index is -0.601. The van der Waals surface area contributed by atoms with E-state index >= 15 is 0 Å². The maximum Gasteiger partial charge on any atom is 0.237 e. The molecular weight excluding hydrogens is 244 g/mol. The number of hydrogen-bond acceptors (Lipinski definition) is 4. The third-order valence-corrected chi connectivity index (χ3v) is 2.83. The number of carbonyl (C=O) groups excluding carboxylic acids is 1. The molecule has 5 nitrogen and oxygen atoms in total. The van der Waals surface area contributed by atoms with Crippen molar-refractivity contribution < 1.29 is 15.0 Å². The Morgan fingerprint density at radius 3 is 2.58 bits per heavy atom. The summed E-state index contributed by atoms with van der Waals surface area (Å²) in [6, 6.07) is 6.04. The normalized spacial score (nSPS) is 13.8. The second-order valence-electron chi connectivity index (χ2n) is 4.76. The van der Waals surface area contributed by atoms with Crippen molar-refractivity contribution in [2.24, 2.45) is 5.73 Å². The van der Waals surface area contributed by atoms with E-state index < -0.39 is 6.04 Å². The van der Waals surface area contributed by atoms with Crippen molar-refractivity contribution in [3.8, 4) is 5.75 Å². The van der Waals surface area contributed by atoms with Crippen LogP contribution in [0, 0.1) is 0 Å². The van der Waals surface area contributed by atoms with Gasteiger partial charge < -0.3 is 21.3 Å². The molecule has 0 radical (unpaired) electrons. The molecule has 1 aromatic rings. The van der Waals surface area contributed by atoms with E-state index in [0.717, 1.165) is 12.0 Å². The first-order chi connectivity index (χ1) is 8.99. The van der Waals surface area contributed by atoms with Crippen molar-refractivity contribution in [3.63, 3.8) is 0 Å². The van der Waals surface area contributed by atoms with Crippen LogP contribution in [-0.2, 0) is 11.2 Å². The van der Waals surface area contributed by atoms with Gasteiger partial charge in [-0.15, -0.1) is 0 Å². The molecule has 0 aliphatic heterocycles. The molecule has 5 heteroatoms. The fourth-order valence-electron chi connectivity index (χ4n) is 1.72. The Morgan fingerprint density at radius 1 is 1.37 bits per heavy atom. The summed E-state index contributed by atoms with van der Waals surface area (Å²) in [5.41, 5.74) is 6.71. The number of nitrogens with two attached hydrogens (primary N) is 1. The fourth-order valence-corrected chi connectivity index (χ4v) is 1.72. The Balaban J connectivity index is 2.30. The predicted octanol–water partition coefficient (Wildman–Crippen LogP) is 0.539.